The normalized spacial score (nSPS) is 12.0. The van der Waals surface area contributed by atoms with Crippen molar-refractivity contribution in [3.8, 4) is 11.5 Å². The molecule has 0 saturated heterocycles. The molecule has 0 aliphatic rings. The summed E-state index contributed by atoms with van der Waals surface area (Å²) in [5.74, 6) is 0.917. The topological polar surface area (TPSA) is 93.7 Å². The molecule has 0 bridgehead atoms. The number of benzene rings is 3. The van der Waals surface area contributed by atoms with E-state index in [4.69, 9.17) is 21.1 Å². The Hall–Kier alpha value is -3.23. The van der Waals surface area contributed by atoms with Crippen LogP contribution in [0.2, 0.25) is 5.02 Å². The Labute approximate surface area is 192 Å². The average Bonchev–Trinajstić information content (AvgIpc) is 2.79. The lowest BCUT2D eigenvalue weighted by atomic mass is 10.2. The van der Waals surface area contributed by atoms with Gasteiger partial charge >= 0.3 is 0 Å². The number of sulfonamides is 1. The first-order valence-electron chi connectivity index (χ1n) is 9.73. The van der Waals surface area contributed by atoms with E-state index in [1.54, 1.807) is 56.5 Å². The average molecular weight is 475 g/mol. The molecule has 0 aliphatic heterocycles. The lowest BCUT2D eigenvalue weighted by molar-refractivity contribution is 0.0927. The van der Waals surface area contributed by atoms with E-state index in [1.165, 1.54) is 30.3 Å². The van der Waals surface area contributed by atoms with Gasteiger partial charge in [0.25, 0.3) is 15.9 Å². The zero-order valence-electron chi connectivity index (χ0n) is 17.5. The van der Waals surface area contributed by atoms with Crippen molar-refractivity contribution >= 4 is 33.2 Å². The van der Waals surface area contributed by atoms with Gasteiger partial charge in [0, 0.05) is 5.69 Å². The first-order chi connectivity index (χ1) is 15.3. The Kier molecular flexibility index (Phi) is 7.61. The van der Waals surface area contributed by atoms with Crippen LogP contribution in [0, 0.1) is 0 Å². The van der Waals surface area contributed by atoms with Gasteiger partial charge in [0.1, 0.15) is 18.1 Å². The van der Waals surface area contributed by atoms with Crippen molar-refractivity contribution < 1.29 is 22.7 Å². The van der Waals surface area contributed by atoms with Crippen molar-refractivity contribution in [3.05, 3.63) is 83.4 Å². The minimum Gasteiger partial charge on any atom is -0.497 e. The highest BCUT2D eigenvalue weighted by atomic mass is 35.5. The minimum absolute atomic E-state index is 0.116. The molecule has 0 spiro atoms. The largest absolute Gasteiger partial charge is 0.497 e. The molecule has 0 fully saturated rings. The first kappa shape index (κ1) is 23.4. The van der Waals surface area contributed by atoms with Gasteiger partial charge in [-0.05, 0) is 61.5 Å². The number of amides is 1. The van der Waals surface area contributed by atoms with Gasteiger partial charge in [0.15, 0.2) is 0 Å². The van der Waals surface area contributed by atoms with Crippen molar-refractivity contribution in [1.82, 2.24) is 5.32 Å². The Morgan fingerprint density at radius 3 is 2.31 bits per heavy atom. The van der Waals surface area contributed by atoms with Crippen LogP contribution in [0.5, 0.6) is 11.5 Å². The van der Waals surface area contributed by atoms with E-state index in [1.807, 2.05) is 0 Å². The van der Waals surface area contributed by atoms with Crippen LogP contribution in [0.4, 0.5) is 5.69 Å². The molecule has 9 heteroatoms. The molecule has 0 unspecified atom stereocenters. The molecular formula is C23H23ClN2O5S. The lowest BCUT2D eigenvalue weighted by Gasteiger charge is -2.16. The second-order valence-electron chi connectivity index (χ2n) is 6.97. The second-order valence-corrected chi connectivity index (χ2v) is 9.06. The summed E-state index contributed by atoms with van der Waals surface area (Å²) < 4.78 is 38.3. The summed E-state index contributed by atoms with van der Waals surface area (Å²) in [4.78, 5) is 12.8. The number of methoxy groups -OCH3 is 1. The number of hydrogen-bond acceptors (Lipinski definition) is 5. The summed E-state index contributed by atoms with van der Waals surface area (Å²) in [6.45, 7) is 2.02. The highest BCUT2D eigenvalue weighted by molar-refractivity contribution is 7.92. The first-order valence-corrected chi connectivity index (χ1v) is 11.6. The van der Waals surface area contributed by atoms with Gasteiger partial charge in [-0.3, -0.25) is 9.52 Å². The van der Waals surface area contributed by atoms with Crippen molar-refractivity contribution in [1.29, 1.82) is 0 Å². The van der Waals surface area contributed by atoms with Crippen molar-refractivity contribution in [2.75, 3.05) is 18.4 Å². The van der Waals surface area contributed by atoms with E-state index in [0.29, 0.717) is 5.75 Å². The molecule has 0 radical (unpaired) electrons. The number of ether oxygens (including phenoxy) is 2. The van der Waals surface area contributed by atoms with Crippen LogP contribution in [-0.2, 0) is 10.0 Å². The second kappa shape index (κ2) is 10.4. The highest BCUT2D eigenvalue weighted by Crippen LogP contribution is 2.23. The molecule has 0 aromatic heterocycles. The van der Waals surface area contributed by atoms with Crippen LogP contribution in [0.1, 0.15) is 17.3 Å². The summed E-state index contributed by atoms with van der Waals surface area (Å²) >= 11 is 6.18. The fraction of sp³-hybridized carbons (Fsp3) is 0.174. The molecule has 0 saturated carbocycles. The maximum atomic E-state index is 12.7. The quantitative estimate of drug-likeness (QED) is 0.481. The van der Waals surface area contributed by atoms with E-state index in [9.17, 15) is 13.2 Å². The van der Waals surface area contributed by atoms with Crippen molar-refractivity contribution in [2.45, 2.75) is 17.9 Å². The Morgan fingerprint density at radius 2 is 1.66 bits per heavy atom. The Bertz CT molecular complexity index is 1170. The van der Waals surface area contributed by atoms with Crippen LogP contribution in [-0.4, -0.2) is 34.1 Å². The number of hydrogen-bond donors (Lipinski definition) is 2. The molecule has 7 nitrogen and oxygen atoms in total. The van der Waals surface area contributed by atoms with Gasteiger partial charge < -0.3 is 14.8 Å². The molecule has 168 valence electrons. The molecule has 3 aromatic rings. The van der Waals surface area contributed by atoms with Gasteiger partial charge in [-0.2, -0.15) is 0 Å². The SMILES string of the molecule is COc1ccc(OC[C@@H](C)NC(=O)c2cc(NS(=O)(=O)c3ccccc3)ccc2Cl)cc1. The number of anilines is 1. The van der Waals surface area contributed by atoms with Crippen LogP contribution in [0.3, 0.4) is 0 Å². The molecule has 2 N–H and O–H groups in total. The summed E-state index contributed by atoms with van der Waals surface area (Å²) in [6.07, 6.45) is 0. The Morgan fingerprint density at radius 1 is 1.00 bits per heavy atom. The van der Waals surface area contributed by atoms with Crippen LogP contribution in [0.15, 0.2) is 77.7 Å². The van der Waals surface area contributed by atoms with Crippen LogP contribution < -0.4 is 19.5 Å². The van der Waals surface area contributed by atoms with Gasteiger partial charge in [0.05, 0.1) is 28.6 Å². The predicted molar refractivity (Wildman–Crippen MR) is 124 cm³/mol. The standard InChI is InChI=1S/C23H23ClN2O5S/c1-16(15-31-19-11-9-18(30-2)10-12-19)25-23(27)21-14-17(8-13-22(21)24)26-32(28,29)20-6-4-3-5-7-20/h3-14,16,26H,15H2,1-2H3,(H,25,27)/t16-/m1/s1. The number of rotatable bonds is 9. The summed E-state index contributed by atoms with van der Waals surface area (Å²) in [7, 11) is -2.21. The van der Waals surface area contributed by atoms with Gasteiger partial charge in [-0.25, -0.2) is 8.42 Å². The van der Waals surface area contributed by atoms with E-state index in [2.05, 4.69) is 10.0 Å². The fourth-order valence-electron chi connectivity index (χ4n) is 2.81. The number of carbonyl (C=O) groups excluding carboxylic acids is 1. The third-order valence-corrected chi connectivity index (χ3v) is 6.18. The summed E-state index contributed by atoms with van der Waals surface area (Å²) in [5.41, 5.74) is 0.377. The molecular weight excluding hydrogens is 452 g/mol. The zero-order valence-corrected chi connectivity index (χ0v) is 19.1. The number of carbonyl (C=O) groups is 1. The molecule has 3 aromatic carbocycles. The minimum atomic E-state index is -3.79. The third kappa shape index (κ3) is 6.15. The van der Waals surface area contributed by atoms with Gasteiger partial charge in [-0.15, -0.1) is 0 Å². The van der Waals surface area contributed by atoms with Crippen LogP contribution in [0.25, 0.3) is 0 Å². The smallest absolute Gasteiger partial charge is 0.261 e. The molecule has 0 aliphatic carbocycles. The van der Waals surface area contributed by atoms with E-state index in [0.717, 1.165) is 5.75 Å². The van der Waals surface area contributed by atoms with Crippen molar-refractivity contribution in [2.24, 2.45) is 0 Å². The molecule has 32 heavy (non-hydrogen) atoms. The summed E-state index contributed by atoms with van der Waals surface area (Å²) in [5, 5.41) is 3.00. The summed E-state index contributed by atoms with van der Waals surface area (Å²) in [6, 6.07) is 19.1. The van der Waals surface area contributed by atoms with Gasteiger partial charge in [-0.1, -0.05) is 29.8 Å². The highest BCUT2D eigenvalue weighted by Gasteiger charge is 2.18. The van der Waals surface area contributed by atoms with E-state index < -0.39 is 15.9 Å². The maximum Gasteiger partial charge on any atom is 0.261 e. The maximum absolute atomic E-state index is 12.7. The van der Waals surface area contributed by atoms with Crippen LogP contribution >= 0.6 is 11.6 Å². The van der Waals surface area contributed by atoms with Crippen molar-refractivity contribution in [3.63, 3.8) is 0 Å². The Balaban J connectivity index is 1.64. The zero-order chi connectivity index (χ0) is 23.1. The third-order valence-electron chi connectivity index (χ3n) is 4.45. The fourth-order valence-corrected chi connectivity index (χ4v) is 4.09. The number of nitrogens with one attached hydrogen (secondary N) is 2. The molecule has 3 rings (SSSR count). The lowest BCUT2D eigenvalue weighted by Crippen LogP contribution is -2.37. The molecule has 1 atom stereocenters. The predicted octanol–water partition coefficient (Wildman–Crippen LogP) is 4.35. The van der Waals surface area contributed by atoms with Gasteiger partial charge in [0.2, 0.25) is 0 Å². The number of halogens is 1. The molecule has 1 amide bonds. The molecule has 0 heterocycles. The van der Waals surface area contributed by atoms with E-state index in [-0.39, 0.29) is 33.8 Å². The van der Waals surface area contributed by atoms with E-state index >= 15 is 0 Å². The monoisotopic (exact) mass is 474 g/mol.